The maximum absolute atomic E-state index is 12.6. The zero-order valence-corrected chi connectivity index (χ0v) is 16.3. The fraction of sp³-hybridized carbons (Fsp3) is 0.286. The summed E-state index contributed by atoms with van der Waals surface area (Å²) in [6.07, 6.45) is 1.36. The van der Waals surface area contributed by atoms with E-state index in [1.165, 1.54) is 16.5 Å². The summed E-state index contributed by atoms with van der Waals surface area (Å²) < 4.78 is 6.39. The molecule has 1 unspecified atom stereocenters. The fourth-order valence-corrected chi connectivity index (χ4v) is 4.17. The molecule has 134 valence electrons. The third-order valence-corrected chi connectivity index (χ3v) is 5.48. The highest BCUT2D eigenvalue weighted by molar-refractivity contribution is 9.10. The second kappa shape index (κ2) is 7.16. The lowest BCUT2D eigenvalue weighted by atomic mass is 9.93. The number of H-pyrrole nitrogens is 1. The smallest absolute Gasteiger partial charge is 0.410 e. The molecule has 2 aromatic carbocycles. The van der Waals surface area contributed by atoms with Crippen LogP contribution in [0.4, 0.5) is 4.79 Å². The number of benzene rings is 2. The maximum Gasteiger partial charge on any atom is 0.410 e. The molecule has 4 rings (SSSR count). The molecule has 1 aromatic heterocycles. The molecule has 5 heteroatoms. The summed E-state index contributed by atoms with van der Waals surface area (Å²) in [5.41, 5.74) is 4.76. The molecule has 0 saturated heterocycles. The predicted octanol–water partition coefficient (Wildman–Crippen LogP) is 5.23. The number of hydrogen-bond donors (Lipinski definition) is 1. The van der Waals surface area contributed by atoms with E-state index >= 15 is 0 Å². The van der Waals surface area contributed by atoms with E-state index in [0.717, 1.165) is 28.5 Å². The molecule has 4 nitrogen and oxygen atoms in total. The Morgan fingerprint density at radius 1 is 1.27 bits per heavy atom. The molecule has 1 aliphatic heterocycles. The first kappa shape index (κ1) is 17.2. The average molecular weight is 413 g/mol. The summed E-state index contributed by atoms with van der Waals surface area (Å²) in [6, 6.07) is 16.5. The van der Waals surface area contributed by atoms with Crippen molar-refractivity contribution >= 4 is 32.9 Å². The summed E-state index contributed by atoms with van der Waals surface area (Å²) in [5.74, 6) is 0. The van der Waals surface area contributed by atoms with Crippen molar-refractivity contribution in [3.05, 3.63) is 69.8 Å². The number of fused-ring (bicyclic) bond motifs is 3. The molecule has 0 spiro atoms. The maximum atomic E-state index is 12.6. The molecule has 1 N–H and O–H groups in total. The van der Waals surface area contributed by atoms with Crippen molar-refractivity contribution in [2.45, 2.75) is 25.8 Å². The molecule has 3 aromatic rings. The Kier molecular flexibility index (Phi) is 4.72. The third-order valence-electron chi connectivity index (χ3n) is 4.99. The van der Waals surface area contributed by atoms with Crippen LogP contribution in [0.1, 0.15) is 29.8 Å². The first-order valence-corrected chi connectivity index (χ1v) is 9.74. The Morgan fingerprint density at radius 2 is 2.08 bits per heavy atom. The molecule has 0 saturated carbocycles. The molecular weight excluding hydrogens is 392 g/mol. The zero-order valence-electron chi connectivity index (χ0n) is 14.7. The minimum absolute atomic E-state index is 0.0497. The highest BCUT2D eigenvalue weighted by Gasteiger charge is 2.34. The van der Waals surface area contributed by atoms with Gasteiger partial charge in [-0.3, -0.25) is 4.90 Å². The van der Waals surface area contributed by atoms with E-state index in [1.807, 2.05) is 36.1 Å². The van der Waals surface area contributed by atoms with Gasteiger partial charge in [0.15, 0.2) is 0 Å². The lowest BCUT2D eigenvalue weighted by Crippen LogP contribution is -2.41. The van der Waals surface area contributed by atoms with Crippen molar-refractivity contribution in [3.63, 3.8) is 0 Å². The van der Waals surface area contributed by atoms with Crippen molar-refractivity contribution in [1.82, 2.24) is 9.88 Å². The second-order valence-electron chi connectivity index (χ2n) is 6.55. The summed E-state index contributed by atoms with van der Waals surface area (Å²) in [7, 11) is 0. The quantitative estimate of drug-likeness (QED) is 0.639. The lowest BCUT2D eigenvalue weighted by Gasteiger charge is -2.35. The first-order chi connectivity index (χ1) is 12.7. The Bertz CT molecular complexity index is 936. The largest absolute Gasteiger partial charge is 0.450 e. The van der Waals surface area contributed by atoms with Gasteiger partial charge in [-0.1, -0.05) is 46.3 Å². The Labute approximate surface area is 161 Å². The summed E-state index contributed by atoms with van der Waals surface area (Å²) in [5, 5.41) is 1.23. The molecule has 0 fully saturated rings. The molecule has 0 aliphatic carbocycles. The van der Waals surface area contributed by atoms with E-state index in [9.17, 15) is 4.79 Å². The van der Waals surface area contributed by atoms with Gasteiger partial charge in [0.2, 0.25) is 0 Å². The lowest BCUT2D eigenvalue weighted by molar-refractivity contribution is 0.0857. The van der Waals surface area contributed by atoms with E-state index in [1.54, 1.807) is 0 Å². The third kappa shape index (κ3) is 3.12. The van der Waals surface area contributed by atoms with Gasteiger partial charge in [0, 0.05) is 27.6 Å². The normalized spacial score (nSPS) is 16.5. The molecule has 2 heterocycles. The predicted molar refractivity (Wildman–Crippen MR) is 106 cm³/mol. The van der Waals surface area contributed by atoms with Crippen molar-refractivity contribution in [1.29, 1.82) is 0 Å². The van der Waals surface area contributed by atoms with Crippen LogP contribution in [-0.2, 0) is 17.6 Å². The molecule has 0 radical (unpaired) electrons. The van der Waals surface area contributed by atoms with Crippen LogP contribution < -0.4 is 0 Å². The monoisotopic (exact) mass is 412 g/mol. The highest BCUT2D eigenvalue weighted by Crippen LogP contribution is 2.37. The number of amides is 1. The Balaban J connectivity index is 1.79. The van der Waals surface area contributed by atoms with Crippen LogP contribution in [0, 0.1) is 0 Å². The standard InChI is InChI=1S/C21H21BrN2O2/c1-2-26-21(25)24-11-10-16-17-13-15(22)8-9-18(17)23-20(16)19(24)12-14-6-4-3-5-7-14/h3-9,13,19,23H,2,10-12H2,1H3. The molecule has 1 atom stereocenters. The van der Waals surface area contributed by atoms with Gasteiger partial charge in [-0.2, -0.15) is 0 Å². The SMILES string of the molecule is CCOC(=O)N1CCc2c([nH]c3ccc(Br)cc23)C1Cc1ccccc1. The van der Waals surface area contributed by atoms with Crippen molar-refractivity contribution in [2.24, 2.45) is 0 Å². The van der Waals surface area contributed by atoms with Crippen LogP contribution >= 0.6 is 15.9 Å². The van der Waals surface area contributed by atoms with Crippen LogP contribution in [-0.4, -0.2) is 29.1 Å². The Hall–Kier alpha value is -2.27. The second-order valence-corrected chi connectivity index (χ2v) is 7.47. The number of aromatic nitrogens is 1. The van der Waals surface area contributed by atoms with Crippen LogP contribution in [0.3, 0.4) is 0 Å². The van der Waals surface area contributed by atoms with Crippen molar-refractivity contribution in [3.8, 4) is 0 Å². The van der Waals surface area contributed by atoms with Crippen molar-refractivity contribution in [2.75, 3.05) is 13.2 Å². The van der Waals surface area contributed by atoms with E-state index in [4.69, 9.17) is 4.74 Å². The first-order valence-electron chi connectivity index (χ1n) is 8.94. The summed E-state index contributed by atoms with van der Waals surface area (Å²) >= 11 is 3.57. The number of rotatable bonds is 3. The van der Waals surface area contributed by atoms with Crippen LogP contribution in [0.5, 0.6) is 0 Å². The van der Waals surface area contributed by atoms with Gasteiger partial charge >= 0.3 is 6.09 Å². The fourth-order valence-electron chi connectivity index (χ4n) is 3.81. The van der Waals surface area contributed by atoms with Gasteiger partial charge in [-0.15, -0.1) is 0 Å². The molecule has 26 heavy (non-hydrogen) atoms. The van der Waals surface area contributed by atoms with Gasteiger partial charge < -0.3 is 9.72 Å². The van der Waals surface area contributed by atoms with E-state index in [2.05, 4.69) is 45.2 Å². The minimum Gasteiger partial charge on any atom is -0.450 e. The van der Waals surface area contributed by atoms with Crippen molar-refractivity contribution < 1.29 is 9.53 Å². The molecule has 1 aliphatic rings. The van der Waals surface area contributed by atoms with Gasteiger partial charge in [0.1, 0.15) is 0 Å². The number of hydrogen-bond acceptors (Lipinski definition) is 2. The van der Waals surface area contributed by atoms with Gasteiger partial charge in [0.05, 0.1) is 12.6 Å². The topological polar surface area (TPSA) is 45.3 Å². The number of ether oxygens (including phenoxy) is 1. The molecular formula is C21H21BrN2O2. The van der Waals surface area contributed by atoms with Crippen LogP contribution in [0.2, 0.25) is 0 Å². The number of halogens is 1. The number of carbonyl (C=O) groups is 1. The number of aromatic amines is 1. The van der Waals surface area contributed by atoms with Crippen LogP contribution in [0.15, 0.2) is 53.0 Å². The summed E-state index contributed by atoms with van der Waals surface area (Å²) in [4.78, 5) is 18.0. The summed E-state index contributed by atoms with van der Waals surface area (Å²) in [6.45, 7) is 2.91. The highest BCUT2D eigenvalue weighted by atomic mass is 79.9. The molecule has 0 bridgehead atoms. The van der Waals surface area contributed by atoms with E-state index < -0.39 is 0 Å². The van der Waals surface area contributed by atoms with E-state index in [0.29, 0.717) is 13.2 Å². The number of nitrogens with one attached hydrogen (secondary N) is 1. The molecule has 1 amide bonds. The number of nitrogens with zero attached hydrogens (tertiary/aromatic N) is 1. The average Bonchev–Trinajstić information content (AvgIpc) is 3.01. The minimum atomic E-state index is -0.237. The van der Waals surface area contributed by atoms with Gasteiger partial charge in [0.25, 0.3) is 0 Å². The van der Waals surface area contributed by atoms with Gasteiger partial charge in [-0.25, -0.2) is 4.79 Å². The Morgan fingerprint density at radius 3 is 2.85 bits per heavy atom. The van der Waals surface area contributed by atoms with Gasteiger partial charge in [-0.05, 0) is 49.1 Å². The number of carbonyl (C=O) groups excluding carboxylic acids is 1. The zero-order chi connectivity index (χ0) is 18.1. The van der Waals surface area contributed by atoms with Crippen LogP contribution in [0.25, 0.3) is 10.9 Å². The van der Waals surface area contributed by atoms with E-state index in [-0.39, 0.29) is 12.1 Å².